The number of nitriles is 1. The maximum Gasteiger partial charge on any atom is 0.208 e. The summed E-state index contributed by atoms with van der Waals surface area (Å²) in [7, 11) is 0. The Hall–Kier alpha value is -0.930. The van der Waals surface area contributed by atoms with Crippen molar-refractivity contribution >= 4 is 40.1 Å². The summed E-state index contributed by atoms with van der Waals surface area (Å²) in [6, 6.07) is 5.21. The molecule has 4 nitrogen and oxygen atoms in total. The first-order valence-electron chi connectivity index (χ1n) is 4.50. The molecule has 17 heavy (non-hydrogen) atoms. The van der Waals surface area contributed by atoms with Crippen molar-refractivity contribution in [3.05, 3.63) is 33.8 Å². The molecule has 0 aliphatic rings. The Morgan fingerprint density at radius 2 is 2.18 bits per heavy atom. The van der Waals surface area contributed by atoms with Crippen LogP contribution in [0.15, 0.2) is 23.2 Å². The van der Waals surface area contributed by atoms with Crippen LogP contribution >= 0.6 is 35.0 Å². The van der Waals surface area contributed by atoms with Crippen LogP contribution in [0, 0.1) is 11.5 Å². The van der Waals surface area contributed by atoms with E-state index in [0.29, 0.717) is 20.8 Å². The number of hydrogen-bond acceptors (Lipinski definition) is 4. The van der Waals surface area contributed by atoms with Gasteiger partial charge in [-0.3, -0.25) is 4.84 Å². The third-order valence-corrected chi connectivity index (χ3v) is 3.05. The van der Waals surface area contributed by atoms with Gasteiger partial charge in [-0.1, -0.05) is 41.0 Å². The lowest BCUT2D eigenvalue weighted by atomic mass is 10.2. The predicted octanol–water partition coefficient (Wildman–Crippen LogP) is 3.21. The summed E-state index contributed by atoms with van der Waals surface area (Å²) in [6.45, 7) is 0.184. The van der Waals surface area contributed by atoms with Crippen molar-refractivity contribution in [2.24, 2.45) is 4.99 Å². The van der Waals surface area contributed by atoms with Crippen molar-refractivity contribution in [2.75, 3.05) is 6.26 Å². The highest BCUT2D eigenvalue weighted by molar-refractivity contribution is 8.13. The lowest BCUT2D eigenvalue weighted by Crippen LogP contribution is -2.20. The Kier molecular flexibility index (Phi) is 6.16. The van der Waals surface area contributed by atoms with E-state index < -0.39 is 0 Å². The summed E-state index contributed by atoms with van der Waals surface area (Å²) < 4.78 is 0. The Morgan fingerprint density at radius 1 is 1.53 bits per heavy atom. The molecule has 0 aliphatic heterocycles. The van der Waals surface area contributed by atoms with E-state index in [-0.39, 0.29) is 6.61 Å². The van der Waals surface area contributed by atoms with Gasteiger partial charge in [0.15, 0.2) is 5.17 Å². The van der Waals surface area contributed by atoms with Crippen LogP contribution in [0.3, 0.4) is 0 Å². The van der Waals surface area contributed by atoms with Gasteiger partial charge in [0.25, 0.3) is 0 Å². The zero-order valence-corrected chi connectivity index (χ0v) is 11.2. The Labute approximate surface area is 114 Å². The SMILES string of the molecule is CSC(=NC#N)NOCc1c(Cl)cccc1Cl. The maximum absolute atomic E-state index is 8.38. The Morgan fingerprint density at radius 3 is 2.71 bits per heavy atom. The number of nitrogens with one attached hydrogen (secondary N) is 1. The molecule has 1 aromatic rings. The third kappa shape index (κ3) is 4.44. The van der Waals surface area contributed by atoms with Gasteiger partial charge in [0.1, 0.15) is 6.61 Å². The molecule has 0 bridgehead atoms. The molecule has 0 amide bonds. The van der Waals surface area contributed by atoms with Crippen LogP contribution < -0.4 is 5.48 Å². The second-order valence-electron chi connectivity index (χ2n) is 2.81. The third-order valence-electron chi connectivity index (χ3n) is 1.78. The van der Waals surface area contributed by atoms with Crippen LogP contribution in [-0.4, -0.2) is 11.4 Å². The van der Waals surface area contributed by atoms with Gasteiger partial charge in [0.05, 0.1) is 0 Å². The summed E-state index contributed by atoms with van der Waals surface area (Å²) >= 11 is 13.2. The highest BCUT2D eigenvalue weighted by Gasteiger charge is 2.06. The fourth-order valence-electron chi connectivity index (χ4n) is 0.996. The molecule has 0 spiro atoms. The number of amidine groups is 1. The molecule has 0 saturated heterocycles. The molecule has 0 atom stereocenters. The van der Waals surface area contributed by atoms with E-state index in [1.807, 2.05) is 0 Å². The summed E-state index contributed by atoms with van der Waals surface area (Å²) in [4.78, 5) is 8.67. The normalized spacial score (nSPS) is 11.1. The highest BCUT2D eigenvalue weighted by atomic mass is 35.5. The van der Waals surface area contributed by atoms with E-state index >= 15 is 0 Å². The molecule has 0 aromatic heterocycles. The van der Waals surface area contributed by atoms with Crippen LogP contribution in [0.25, 0.3) is 0 Å². The average molecular weight is 290 g/mol. The maximum atomic E-state index is 8.38. The molecule has 0 fully saturated rings. The quantitative estimate of drug-likeness (QED) is 0.402. The molecule has 0 heterocycles. The standard InChI is InChI=1S/C10H9Cl2N3OS/c1-17-10(14-6-13)15-16-5-7-8(11)3-2-4-9(7)12/h2-4H,5H2,1H3,(H,14,15). The molecule has 90 valence electrons. The van der Waals surface area contributed by atoms with E-state index in [0.717, 1.165) is 0 Å². The second kappa shape index (κ2) is 7.41. The monoisotopic (exact) mass is 289 g/mol. The molecular weight excluding hydrogens is 281 g/mol. The number of hydroxylamine groups is 1. The van der Waals surface area contributed by atoms with E-state index in [2.05, 4.69) is 10.5 Å². The number of aliphatic imine (C=N–C) groups is 1. The van der Waals surface area contributed by atoms with Crippen LogP contribution in [-0.2, 0) is 11.4 Å². The lowest BCUT2D eigenvalue weighted by molar-refractivity contribution is 0.0735. The zero-order valence-electron chi connectivity index (χ0n) is 8.91. The van der Waals surface area contributed by atoms with Gasteiger partial charge in [-0.25, -0.2) is 5.48 Å². The van der Waals surface area contributed by atoms with E-state index in [1.54, 1.807) is 30.6 Å². The molecule has 0 aliphatic carbocycles. The Balaban J connectivity index is 2.57. The van der Waals surface area contributed by atoms with Gasteiger partial charge in [-0.05, 0) is 18.4 Å². The first-order valence-corrected chi connectivity index (χ1v) is 6.48. The number of thioether (sulfide) groups is 1. The highest BCUT2D eigenvalue weighted by Crippen LogP contribution is 2.24. The zero-order chi connectivity index (χ0) is 12.7. The van der Waals surface area contributed by atoms with E-state index in [1.165, 1.54) is 11.8 Å². The van der Waals surface area contributed by atoms with Gasteiger partial charge in [0, 0.05) is 15.6 Å². The van der Waals surface area contributed by atoms with Crippen LogP contribution in [0.5, 0.6) is 0 Å². The first kappa shape index (κ1) is 14.1. The molecule has 7 heteroatoms. The largest absolute Gasteiger partial charge is 0.269 e. The second-order valence-corrected chi connectivity index (χ2v) is 4.42. The summed E-state index contributed by atoms with van der Waals surface area (Å²) in [5.41, 5.74) is 3.23. The number of nitrogens with zero attached hydrogens (tertiary/aromatic N) is 2. The number of halogens is 2. The van der Waals surface area contributed by atoms with Crippen LogP contribution in [0.1, 0.15) is 5.56 Å². The van der Waals surface area contributed by atoms with Crippen molar-refractivity contribution in [2.45, 2.75) is 6.61 Å². The predicted molar refractivity (Wildman–Crippen MR) is 70.9 cm³/mol. The lowest BCUT2D eigenvalue weighted by Gasteiger charge is -2.09. The van der Waals surface area contributed by atoms with Gasteiger partial charge >= 0.3 is 0 Å². The van der Waals surface area contributed by atoms with Crippen LogP contribution in [0.2, 0.25) is 10.0 Å². The topological polar surface area (TPSA) is 57.4 Å². The molecular formula is C10H9Cl2N3OS. The minimum atomic E-state index is 0.184. The average Bonchev–Trinajstić information content (AvgIpc) is 2.31. The fraction of sp³-hybridized carbons (Fsp3) is 0.200. The molecule has 1 aromatic carbocycles. The van der Waals surface area contributed by atoms with Crippen molar-refractivity contribution in [3.63, 3.8) is 0 Å². The number of hydrogen-bond donors (Lipinski definition) is 1. The van der Waals surface area contributed by atoms with Crippen molar-refractivity contribution < 1.29 is 4.84 Å². The Bertz CT molecular complexity index is 439. The van der Waals surface area contributed by atoms with Crippen molar-refractivity contribution in [3.8, 4) is 6.19 Å². The summed E-state index contributed by atoms with van der Waals surface area (Å²) in [5.74, 6) is 0. The van der Waals surface area contributed by atoms with Crippen molar-refractivity contribution in [1.82, 2.24) is 5.48 Å². The molecule has 0 saturated carbocycles. The molecule has 1 N–H and O–H groups in total. The molecule has 0 radical (unpaired) electrons. The first-order chi connectivity index (χ1) is 8.19. The molecule has 0 unspecified atom stereocenters. The summed E-state index contributed by atoms with van der Waals surface area (Å²) in [5, 5.41) is 9.81. The van der Waals surface area contributed by atoms with Gasteiger partial charge in [0.2, 0.25) is 6.19 Å². The number of rotatable bonds is 3. The van der Waals surface area contributed by atoms with Crippen molar-refractivity contribution in [1.29, 1.82) is 5.26 Å². The summed E-state index contributed by atoms with van der Waals surface area (Å²) in [6.07, 6.45) is 3.44. The minimum absolute atomic E-state index is 0.184. The fourth-order valence-corrected chi connectivity index (χ4v) is 1.78. The van der Waals surface area contributed by atoms with Gasteiger partial charge < -0.3 is 0 Å². The smallest absolute Gasteiger partial charge is 0.208 e. The molecule has 1 rings (SSSR count). The van der Waals surface area contributed by atoms with Gasteiger partial charge in [-0.2, -0.15) is 5.26 Å². The van der Waals surface area contributed by atoms with Gasteiger partial charge in [-0.15, -0.1) is 4.99 Å². The number of benzene rings is 1. The minimum Gasteiger partial charge on any atom is -0.269 e. The van der Waals surface area contributed by atoms with Crippen LogP contribution in [0.4, 0.5) is 0 Å². The van der Waals surface area contributed by atoms with E-state index in [4.69, 9.17) is 33.3 Å². The van der Waals surface area contributed by atoms with E-state index in [9.17, 15) is 0 Å².